The van der Waals surface area contributed by atoms with Crippen molar-refractivity contribution < 1.29 is 18.0 Å². The van der Waals surface area contributed by atoms with Crippen LogP contribution in [0.15, 0.2) is 35.5 Å². The molecule has 0 saturated carbocycles. The summed E-state index contributed by atoms with van der Waals surface area (Å²) in [5.74, 6) is -2.24. The molecule has 1 aromatic heterocycles. The molecule has 2 N–H and O–H groups in total. The Kier molecular flexibility index (Phi) is 5.66. The summed E-state index contributed by atoms with van der Waals surface area (Å²) in [7, 11) is 0. The number of ketones is 1. The van der Waals surface area contributed by atoms with Gasteiger partial charge in [-0.25, -0.2) is 23.1 Å². The van der Waals surface area contributed by atoms with Gasteiger partial charge in [0, 0.05) is 23.4 Å². The van der Waals surface area contributed by atoms with Gasteiger partial charge in [0.15, 0.2) is 16.8 Å². The summed E-state index contributed by atoms with van der Waals surface area (Å²) >= 11 is 1.07. The second-order valence-corrected chi connectivity index (χ2v) is 8.30. The van der Waals surface area contributed by atoms with Crippen LogP contribution in [-0.4, -0.2) is 27.4 Å². The van der Waals surface area contributed by atoms with Crippen LogP contribution >= 0.6 is 11.8 Å². The van der Waals surface area contributed by atoms with Gasteiger partial charge in [0.1, 0.15) is 29.3 Å². The first kappa shape index (κ1) is 20.9. The number of nitrogens with two attached hydrogens (primary N) is 1. The normalized spacial score (nSPS) is 23.9. The fourth-order valence-electron chi connectivity index (χ4n) is 3.28. The van der Waals surface area contributed by atoms with Crippen LogP contribution in [0.4, 0.5) is 13.2 Å². The molecule has 0 radical (unpaired) electrons. The van der Waals surface area contributed by atoms with Crippen molar-refractivity contribution in [2.24, 2.45) is 10.7 Å². The van der Waals surface area contributed by atoms with Gasteiger partial charge in [-0.15, -0.1) is 0 Å². The van der Waals surface area contributed by atoms with E-state index in [0.717, 1.165) is 30.1 Å². The molecule has 3 atom stereocenters. The third kappa shape index (κ3) is 3.98. The number of thioether (sulfide) groups is 1. The molecule has 0 spiro atoms. The van der Waals surface area contributed by atoms with Crippen LogP contribution in [0.2, 0.25) is 0 Å². The molecular weight excluding hydrogens is 401 g/mol. The maximum atomic E-state index is 14.9. The quantitative estimate of drug-likeness (QED) is 0.765. The van der Waals surface area contributed by atoms with E-state index in [-0.39, 0.29) is 22.7 Å². The SMILES string of the molecule is C[C@H]1SC(N)=N[C@](C)(c2cc(CC(=O)c3ncc(C#N)cc3F)ccc2F)[C@H]1F. The van der Waals surface area contributed by atoms with Crippen LogP contribution in [0.1, 0.15) is 41.0 Å². The summed E-state index contributed by atoms with van der Waals surface area (Å²) < 4.78 is 43.6. The molecule has 150 valence electrons. The molecule has 0 unspecified atom stereocenters. The largest absolute Gasteiger partial charge is 0.379 e. The minimum absolute atomic E-state index is 0.00947. The lowest BCUT2D eigenvalue weighted by Crippen LogP contribution is -2.44. The van der Waals surface area contributed by atoms with Crippen LogP contribution in [0.25, 0.3) is 0 Å². The zero-order valence-corrected chi connectivity index (χ0v) is 16.4. The number of Topliss-reactive ketones (excluding diaryl/α,β-unsaturated/α-hetero) is 1. The number of alkyl halides is 1. The third-order valence-corrected chi connectivity index (χ3v) is 5.72. The van der Waals surface area contributed by atoms with Crippen molar-refractivity contribution in [2.75, 3.05) is 0 Å². The molecular formula is C20H17F3N4OS. The Labute approximate surface area is 169 Å². The highest BCUT2D eigenvalue weighted by Crippen LogP contribution is 2.42. The molecule has 5 nitrogen and oxygen atoms in total. The number of carbonyl (C=O) groups is 1. The van der Waals surface area contributed by atoms with E-state index in [1.54, 1.807) is 13.0 Å². The van der Waals surface area contributed by atoms with Crippen LogP contribution < -0.4 is 5.73 Å². The van der Waals surface area contributed by atoms with Gasteiger partial charge < -0.3 is 5.73 Å². The summed E-state index contributed by atoms with van der Waals surface area (Å²) in [4.78, 5) is 20.3. The number of rotatable bonds is 4. The smallest absolute Gasteiger partial charge is 0.188 e. The van der Waals surface area contributed by atoms with Crippen molar-refractivity contribution in [3.05, 3.63) is 64.5 Å². The van der Waals surface area contributed by atoms with Gasteiger partial charge in [-0.05, 0) is 37.6 Å². The number of benzene rings is 1. The van der Waals surface area contributed by atoms with Gasteiger partial charge in [-0.1, -0.05) is 17.8 Å². The molecule has 1 aliphatic heterocycles. The minimum atomic E-state index is -1.55. The van der Waals surface area contributed by atoms with Gasteiger partial charge in [-0.2, -0.15) is 5.26 Å². The minimum Gasteiger partial charge on any atom is -0.379 e. The van der Waals surface area contributed by atoms with Gasteiger partial charge in [0.25, 0.3) is 0 Å². The molecule has 2 heterocycles. The monoisotopic (exact) mass is 418 g/mol. The summed E-state index contributed by atoms with van der Waals surface area (Å²) in [5.41, 5.74) is 4.13. The lowest BCUT2D eigenvalue weighted by molar-refractivity contribution is 0.0984. The average Bonchev–Trinajstić information content (AvgIpc) is 2.67. The maximum absolute atomic E-state index is 14.9. The van der Waals surface area contributed by atoms with Gasteiger partial charge in [0.05, 0.1) is 5.56 Å². The van der Waals surface area contributed by atoms with Gasteiger partial charge in [-0.3, -0.25) is 4.79 Å². The number of nitrogens with zero attached hydrogens (tertiary/aromatic N) is 3. The Morgan fingerprint density at radius 3 is 2.72 bits per heavy atom. The molecule has 1 aromatic carbocycles. The molecule has 9 heteroatoms. The van der Waals surface area contributed by atoms with Crippen molar-refractivity contribution in [3.8, 4) is 6.07 Å². The highest BCUT2D eigenvalue weighted by molar-refractivity contribution is 8.14. The number of pyridine rings is 1. The fourth-order valence-corrected chi connectivity index (χ4v) is 4.28. The highest BCUT2D eigenvalue weighted by Gasteiger charge is 2.45. The molecule has 0 saturated heterocycles. The molecule has 0 amide bonds. The van der Waals surface area contributed by atoms with Crippen LogP contribution in [0.3, 0.4) is 0 Å². The topological polar surface area (TPSA) is 92.1 Å². The summed E-state index contributed by atoms with van der Waals surface area (Å²) in [6, 6.07) is 6.49. The summed E-state index contributed by atoms with van der Waals surface area (Å²) in [6.45, 7) is 3.09. The Bertz CT molecular complexity index is 1050. The number of halogens is 3. The van der Waals surface area contributed by atoms with Gasteiger partial charge >= 0.3 is 0 Å². The van der Waals surface area contributed by atoms with Gasteiger partial charge in [0.2, 0.25) is 0 Å². The predicted molar refractivity (Wildman–Crippen MR) is 104 cm³/mol. The van der Waals surface area contributed by atoms with Crippen molar-refractivity contribution in [2.45, 2.75) is 37.2 Å². The number of aromatic nitrogens is 1. The van der Waals surface area contributed by atoms with Crippen molar-refractivity contribution in [1.82, 2.24) is 4.98 Å². The van der Waals surface area contributed by atoms with E-state index in [1.807, 2.05) is 0 Å². The van der Waals surface area contributed by atoms with Crippen LogP contribution in [0, 0.1) is 23.0 Å². The zero-order valence-electron chi connectivity index (χ0n) is 15.6. The predicted octanol–water partition coefficient (Wildman–Crippen LogP) is 3.66. The number of aliphatic imine (C=N–C) groups is 1. The van der Waals surface area contributed by atoms with E-state index in [2.05, 4.69) is 9.98 Å². The second kappa shape index (κ2) is 7.87. The molecule has 0 aliphatic carbocycles. The fraction of sp³-hybridized carbons (Fsp3) is 0.300. The number of hydrogen-bond acceptors (Lipinski definition) is 6. The number of nitriles is 1. The molecule has 0 bridgehead atoms. The highest BCUT2D eigenvalue weighted by atomic mass is 32.2. The number of hydrogen-bond donors (Lipinski definition) is 1. The Hall–Kier alpha value is -2.86. The molecule has 1 aliphatic rings. The van der Waals surface area contributed by atoms with E-state index >= 15 is 0 Å². The first-order chi connectivity index (χ1) is 13.7. The average molecular weight is 418 g/mol. The Morgan fingerprint density at radius 1 is 1.34 bits per heavy atom. The Morgan fingerprint density at radius 2 is 2.07 bits per heavy atom. The molecule has 2 aromatic rings. The lowest BCUT2D eigenvalue weighted by atomic mass is 9.84. The standard InChI is InChI=1S/C20H17F3N4OS/c1-10-18(23)20(2,27-19(25)29-10)13-5-11(3-4-14(13)21)7-16(28)17-15(22)6-12(8-24)9-26-17/h3-6,9-10,18H,7H2,1-2H3,(H2,25,27)/t10-,18+,20-/m1/s1. The van der Waals surface area contributed by atoms with E-state index < -0.39 is 40.1 Å². The number of amidine groups is 1. The van der Waals surface area contributed by atoms with Crippen molar-refractivity contribution >= 4 is 22.7 Å². The second-order valence-electron chi connectivity index (χ2n) is 6.90. The molecule has 0 fully saturated rings. The van der Waals surface area contributed by atoms with E-state index in [0.29, 0.717) is 5.56 Å². The lowest BCUT2D eigenvalue weighted by Gasteiger charge is -2.37. The molecule has 3 rings (SSSR count). The summed E-state index contributed by atoms with van der Waals surface area (Å²) in [5, 5.41) is 8.38. The zero-order chi connectivity index (χ0) is 21.3. The van der Waals surface area contributed by atoms with Crippen LogP contribution in [0.5, 0.6) is 0 Å². The first-order valence-corrected chi connectivity index (χ1v) is 9.57. The van der Waals surface area contributed by atoms with Crippen LogP contribution in [-0.2, 0) is 12.0 Å². The third-order valence-electron chi connectivity index (χ3n) is 4.77. The maximum Gasteiger partial charge on any atom is 0.188 e. The van der Waals surface area contributed by atoms with Crippen molar-refractivity contribution in [3.63, 3.8) is 0 Å². The van der Waals surface area contributed by atoms with E-state index in [9.17, 15) is 18.0 Å². The van der Waals surface area contributed by atoms with E-state index in [1.165, 1.54) is 19.1 Å². The molecule has 29 heavy (non-hydrogen) atoms. The summed E-state index contributed by atoms with van der Waals surface area (Å²) in [6.07, 6.45) is -0.683. The van der Waals surface area contributed by atoms with E-state index in [4.69, 9.17) is 11.0 Å². The Balaban J connectivity index is 1.95. The number of carbonyl (C=O) groups excluding carboxylic acids is 1. The first-order valence-electron chi connectivity index (χ1n) is 8.69. The van der Waals surface area contributed by atoms with Crippen molar-refractivity contribution in [1.29, 1.82) is 5.26 Å².